The highest BCUT2D eigenvalue weighted by Crippen LogP contribution is 2.23. The Morgan fingerprint density at radius 1 is 1.04 bits per heavy atom. The van der Waals surface area contributed by atoms with Gasteiger partial charge in [-0.15, -0.1) is 0 Å². The van der Waals surface area contributed by atoms with E-state index in [0.717, 1.165) is 5.56 Å². The first-order valence-corrected chi connectivity index (χ1v) is 8.74. The van der Waals surface area contributed by atoms with Crippen molar-refractivity contribution in [2.24, 2.45) is 0 Å². The largest absolute Gasteiger partial charge is 0.495 e. The molecule has 0 heterocycles. The number of amides is 1. The van der Waals surface area contributed by atoms with Gasteiger partial charge < -0.3 is 25.8 Å². The molecule has 0 aromatic heterocycles. The van der Waals surface area contributed by atoms with Gasteiger partial charge in [0.15, 0.2) is 0 Å². The van der Waals surface area contributed by atoms with Crippen LogP contribution >= 0.6 is 0 Å². The van der Waals surface area contributed by atoms with Crippen LogP contribution in [0.1, 0.15) is 12.0 Å². The first kappa shape index (κ1) is 20.4. The van der Waals surface area contributed by atoms with Crippen LogP contribution < -0.4 is 20.7 Å². The summed E-state index contributed by atoms with van der Waals surface area (Å²) in [7, 11) is 1.51. The van der Waals surface area contributed by atoms with Gasteiger partial charge in [0.1, 0.15) is 11.8 Å². The number of carbonyl (C=O) groups is 2. The number of carboxylic acids is 1. The summed E-state index contributed by atoms with van der Waals surface area (Å²) in [6.45, 7) is 1.73. The van der Waals surface area contributed by atoms with Gasteiger partial charge in [0.25, 0.3) is 0 Å². The zero-order valence-corrected chi connectivity index (χ0v) is 15.3. The second kappa shape index (κ2) is 10.9. The van der Waals surface area contributed by atoms with Crippen molar-refractivity contribution in [2.75, 3.05) is 25.5 Å². The van der Waals surface area contributed by atoms with Gasteiger partial charge in [0.05, 0.1) is 19.2 Å². The molecule has 4 N–H and O–H groups in total. The lowest BCUT2D eigenvalue weighted by Gasteiger charge is -2.15. The van der Waals surface area contributed by atoms with Crippen LogP contribution in [0.2, 0.25) is 0 Å². The molecule has 27 heavy (non-hydrogen) atoms. The number of ether oxygens (including phenoxy) is 1. The highest BCUT2D eigenvalue weighted by atomic mass is 16.5. The molecule has 0 unspecified atom stereocenters. The Morgan fingerprint density at radius 2 is 1.74 bits per heavy atom. The zero-order chi connectivity index (χ0) is 19.5. The monoisotopic (exact) mass is 371 g/mol. The topological polar surface area (TPSA) is 99.7 Å². The van der Waals surface area contributed by atoms with E-state index in [-0.39, 0.29) is 6.42 Å². The normalized spacial score (nSPS) is 11.6. The van der Waals surface area contributed by atoms with Crippen molar-refractivity contribution in [3.8, 4) is 5.75 Å². The van der Waals surface area contributed by atoms with Gasteiger partial charge in [-0.3, -0.25) is 9.59 Å². The molecule has 1 amide bonds. The van der Waals surface area contributed by atoms with Crippen molar-refractivity contribution in [3.05, 3.63) is 60.2 Å². The summed E-state index contributed by atoms with van der Waals surface area (Å²) in [5.74, 6) is -0.930. The number of carboxylic acid groups (broad SMARTS) is 1. The number of methoxy groups -OCH3 is 1. The summed E-state index contributed by atoms with van der Waals surface area (Å²) in [6.07, 6.45) is -0.175. The Bertz CT molecular complexity index is 737. The lowest BCUT2D eigenvalue weighted by molar-refractivity contribution is -0.141. The minimum atomic E-state index is -1.06. The fraction of sp³-hybridized carbons (Fsp3) is 0.300. The van der Waals surface area contributed by atoms with Gasteiger partial charge in [-0.25, -0.2) is 0 Å². The standard InChI is InChI=1S/C20H25N3O4/c1-27-18-10-6-5-9-16(18)23-19(24)13-17(20(25)26)22-12-11-21-14-15-7-3-2-4-8-15/h2-10,17,21-22H,11-14H2,1H3,(H,23,24)(H,25,26)/t17-/m1/s1. The molecule has 2 aromatic rings. The summed E-state index contributed by atoms with van der Waals surface area (Å²) in [5, 5.41) is 18.2. The molecule has 0 fully saturated rings. The summed E-state index contributed by atoms with van der Waals surface area (Å²) in [5.41, 5.74) is 1.67. The number of nitrogens with one attached hydrogen (secondary N) is 3. The quantitative estimate of drug-likeness (QED) is 0.450. The number of para-hydroxylation sites is 2. The minimum absolute atomic E-state index is 0.175. The maximum atomic E-state index is 12.2. The molecule has 2 rings (SSSR count). The molecule has 0 saturated carbocycles. The Hall–Kier alpha value is -2.90. The molecule has 0 spiro atoms. The predicted octanol–water partition coefficient (Wildman–Crippen LogP) is 1.86. The van der Waals surface area contributed by atoms with Gasteiger partial charge in [0.2, 0.25) is 5.91 Å². The summed E-state index contributed by atoms with van der Waals surface area (Å²) in [6, 6.07) is 15.9. The highest BCUT2D eigenvalue weighted by Gasteiger charge is 2.21. The van der Waals surface area contributed by atoms with Crippen LogP contribution in [0.25, 0.3) is 0 Å². The average molecular weight is 371 g/mol. The SMILES string of the molecule is COc1ccccc1NC(=O)C[C@@H](NCCNCc1ccccc1)C(=O)O. The summed E-state index contributed by atoms with van der Waals surface area (Å²) >= 11 is 0. The fourth-order valence-corrected chi connectivity index (χ4v) is 2.54. The molecule has 1 atom stereocenters. The first-order chi connectivity index (χ1) is 13.1. The van der Waals surface area contributed by atoms with E-state index in [4.69, 9.17) is 4.74 Å². The lowest BCUT2D eigenvalue weighted by atomic mass is 10.2. The molecule has 0 radical (unpaired) electrons. The van der Waals surface area contributed by atoms with E-state index in [9.17, 15) is 14.7 Å². The molecular weight excluding hydrogens is 346 g/mol. The number of aliphatic carboxylic acids is 1. The molecule has 7 heteroatoms. The van der Waals surface area contributed by atoms with Crippen LogP contribution in [-0.4, -0.2) is 43.2 Å². The van der Waals surface area contributed by atoms with Crippen LogP contribution in [0, 0.1) is 0 Å². The van der Waals surface area contributed by atoms with Crippen LogP contribution in [0.5, 0.6) is 5.75 Å². The number of hydrogen-bond donors (Lipinski definition) is 4. The van der Waals surface area contributed by atoms with Crippen LogP contribution in [0.4, 0.5) is 5.69 Å². The Labute approximate surface area is 158 Å². The molecule has 7 nitrogen and oxygen atoms in total. The molecule has 0 saturated heterocycles. The highest BCUT2D eigenvalue weighted by molar-refractivity contribution is 5.95. The second-order valence-electron chi connectivity index (χ2n) is 5.96. The van der Waals surface area contributed by atoms with Gasteiger partial charge >= 0.3 is 5.97 Å². The minimum Gasteiger partial charge on any atom is -0.495 e. The Balaban J connectivity index is 1.75. The number of carbonyl (C=O) groups excluding carboxylic acids is 1. The van der Waals surface area contributed by atoms with Crippen molar-refractivity contribution < 1.29 is 19.4 Å². The third-order valence-corrected chi connectivity index (χ3v) is 3.93. The number of anilines is 1. The van der Waals surface area contributed by atoms with Gasteiger partial charge in [-0.05, 0) is 17.7 Å². The molecule has 0 aliphatic heterocycles. The van der Waals surface area contributed by atoms with E-state index < -0.39 is 17.9 Å². The molecule has 0 aliphatic carbocycles. The van der Waals surface area contributed by atoms with Crippen molar-refractivity contribution in [3.63, 3.8) is 0 Å². The average Bonchev–Trinajstić information content (AvgIpc) is 2.68. The molecular formula is C20H25N3O4. The van der Waals surface area contributed by atoms with Crippen LogP contribution in [0.15, 0.2) is 54.6 Å². The maximum absolute atomic E-state index is 12.2. The van der Waals surface area contributed by atoms with E-state index >= 15 is 0 Å². The molecule has 0 bridgehead atoms. The smallest absolute Gasteiger partial charge is 0.321 e. The number of hydrogen-bond acceptors (Lipinski definition) is 5. The second-order valence-corrected chi connectivity index (χ2v) is 5.96. The first-order valence-electron chi connectivity index (χ1n) is 8.74. The zero-order valence-electron chi connectivity index (χ0n) is 15.3. The van der Waals surface area contributed by atoms with Crippen molar-refractivity contribution in [1.82, 2.24) is 10.6 Å². The number of benzene rings is 2. The maximum Gasteiger partial charge on any atom is 0.321 e. The van der Waals surface area contributed by atoms with Crippen molar-refractivity contribution in [2.45, 2.75) is 19.0 Å². The lowest BCUT2D eigenvalue weighted by Crippen LogP contribution is -2.42. The van der Waals surface area contributed by atoms with Crippen molar-refractivity contribution in [1.29, 1.82) is 0 Å². The predicted molar refractivity (Wildman–Crippen MR) is 104 cm³/mol. The number of rotatable bonds is 11. The van der Waals surface area contributed by atoms with Crippen LogP contribution in [-0.2, 0) is 16.1 Å². The molecule has 2 aromatic carbocycles. The Kier molecular flexibility index (Phi) is 8.28. The summed E-state index contributed by atoms with van der Waals surface area (Å²) in [4.78, 5) is 23.6. The van der Waals surface area contributed by atoms with E-state index in [1.165, 1.54) is 7.11 Å². The van der Waals surface area contributed by atoms with Gasteiger partial charge in [0, 0.05) is 19.6 Å². The van der Waals surface area contributed by atoms with Crippen molar-refractivity contribution >= 4 is 17.6 Å². The van der Waals surface area contributed by atoms with E-state index in [1.54, 1.807) is 24.3 Å². The third-order valence-electron chi connectivity index (χ3n) is 3.93. The fourth-order valence-electron chi connectivity index (χ4n) is 2.54. The summed E-state index contributed by atoms with van der Waals surface area (Å²) < 4.78 is 5.17. The van der Waals surface area contributed by atoms with E-state index in [2.05, 4.69) is 16.0 Å². The van der Waals surface area contributed by atoms with Crippen LogP contribution in [0.3, 0.4) is 0 Å². The van der Waals surface area contributed by atoms with Gasteiger partial charge in [-0.1, -0.05) is 42.5 Å². The van der Waals surface area contributed by atoms with E-state index in [1.807, 2.05) is 30.3 Å². The third kappa shape index (κ3) is 7.08. The molecule has 0 aliphatic rings. The molecule has 144 valence electrons. The van der Waals surface area contributed by atoms with E-state index in [0.29, 0.717) is 31.1 Å². The van der Waals surface area contributed by atoms with Gasteiger partial charge in [-0.2, -0.15) is 0 Å². The Morgan fingerprint density at radius 3 is 2.44 bits per heavy atom.